The van der Waals surface area contributed by atoms with Crippen LogP contribution in [0, 0.1) is 0 Å². The molecule has 238 valence electrons. The molecule has 7 aromatic carbocycles. The van der Waals surface area contributed by atoms with Gasteiger partial charge in [0, 0.05) is 27.6 Å². The van der Waals surface area contributed by atoms with Gasteiger partial charge in [-0.15, -0.1) is 0 Å². The highest BCUT2D eigenvalue weighted by atomic mass is 16.3. The van der Waals surface area contributed by atoms with E-state index in [2.05, 4.69) is 121 Å². The van der Waals surface area contributed by atoms with Gasteiger partial charge in [-0.1, -0.05) is 152 Å². The molecular weight excluding hydrogens is 625 g/mol. The molecule has 0 bridgehead atoms. The topological polar surface area (TPSA) is 64.7 Å². The van der Waals surface area contributed by atoms with Crippen molar-refractivity contribution in [2.24, 2.45) is 0 Å². The minimum atomic E-state index is 0.541. The van der Waals surface area contributed by atoms with Gasteiger partial charge in [0.25, 0.3) is 0 Å². The summed E-state index contributed by atoms with van der Waals surface area (Å²) in [6.45, 7) is 0. The number of aromatic nitrogens is 4. The Kier molecular flexibility index (Phi) is 6.74. The fraction of sp³-hybridized carbons (Fsp3) is 0. The molecule has 0 radical (unpaired) electrons. The quantitative estimate of drug-likeness (QED) is 0.185. The largest absolute Gasteiger partial charge is 0.438 e. The van der Waals surface area contributed by atoms with E-state index >= 15 is 0 Å². The number of pyridine rings is 1. The Morgan fingerprint density at radius 3 is 1.78 bits per heavy atom. The Hall–Kier alpha value is -6.98. The summed E-state index contributed by atoms with van der Waals surface area (Å²) in [6.07, 6.45) is 0. The van der Waals surface area contributed by atoms with Gasteiger partial charge in [-0.3, -0.25) is 0 Å². The molecule has 0 amide bonds. The summed E-state index contributed by atoms with van der Waals surface area (Å²) in [4.78, 5) is 20.4. The van der Waals surface area contributed by atoms with Gasteiger partial charge in [0.2, 0.25) is 5.71 Å². The summed E-state index contributed by atoms with van der Waals surface area (Å²) in [5.41, 5.74) is 8.04. The number of furan rings is 1. The fourth-order valence-corrected chi connectivity index (χ4v) is 7.01. The summed E-state index contributed by atoms with van der Waals surface area (Å²) in [6, 6.07) is 58.3. The zero-order chi connectivity index (χ0) is 33.7. The maximum atomic E-state index is 6.40. The van der Waals surface area contributed by atoms with E-state index in [1.165, 1.54) is 21.7 Å². The summed E-state index contributed by atoms with van der Waals surface area (Å²) < 4.78 is 6.40. The van der Waals surface area contributed by atoms with Crippen molar-refractivity contribution in [3.8, 4) is 56.5 Å². The van der Waals surface area contributed by atoms with Crippen LogP contribution < -0.4 is 0 Å². The third kappa shape index (κ3) is 5.11. The molecule has 0 N–H and O–H groups in total. The van der Waals surface area contributed by atoms with Crippen molar-refractivity contribution >= 4 is 43.6 Å². The van der Waals surface area contributed by atoms with E-state index in [4.69, 9.17) is 24.4 Å². The van der Waals surface area contributed by atoms with E-state index < -0.39 is 0 Å². The molecule has 0 unspecified atom stereocenters. The first-order valence-electron chi connectivity index (χ1n) is 17.0. The lowest BCUT2D eigenvalue weighted by atomic mass is 9.97. The molecule has 0 aliphatic rings. The Morgan fingerprint density at radius 2 is 0.961 bits per heavy atom. The molecule has 10 rings (SSSR count). The third-order valence-electron chi connectivity index (χ3n) is 9.55. The molecule has 5 nitrogen and oxygen atoms in total. The molecule has 0 saturated carbocycles. The number of hydrogen-bond donors (Lipinski definition) is 0. The van der Waals surface area contributed by atoms with Crippen molar-refractivity contribution in [2.75, 3.05) is 0 Å². The summed E-state index contributed by atoms with van der Waals surface area (Å²) >= 11 is 0. The highest BCUT2D eigenvalue weighted by Gasteiger charge is 2.21. The van der Waals surface area contributed by atoms with E-state index in [0.29, 0.717) is 23.2 Å². The second-order valence-corrected chi connectivity index (χ2v) is 12.7. The monoisotopic (exact) mass is 652 g/mol. The molecule has 0 saturated heterocycles. The van der Waals surface area contributed by atoms with Gasteiger partial charge in [0.15, 0.2) is 17.5 Å². The van der Waals surface area contributed by atoms with Gasteiger partial charge in [0.1, 0.15) is 5.58 Å². The van der Waals surface area contributed by atoms with Crippen molar-refractivity contribution in [3.63, 3.8) is 0 Å². The van der Waals surface area contributed by atoms with Crippen molar-refractivity contribution in [1.82, 2.24) is 19.9 Å². The molecule has 3 heterocycles. The molecule has 10 aromatic rings. The van der Waals surface area contributed by atoms with Gasteiger partial charge >= 0.3 is 0 Å². The van der Waals surface area contributed by atoms with Crippen LogP contribution in [0.1, 0.15) is 0 Å². The molecule has 3 aromatic heterocycles. The minimum Gasteiger partial charge on any atom is -0.438 e. The number of rotatable bonds is 5. The van der Waals surface area contributed by atoms with Gasteiger partial charge in [0.05, 0.1) is 11.1 Å². The van der Waals surface area contributed by atoms with Gasteiger partial charge in [-0.2, -0.15) is 0 Å². The van der Waals surface area contributed by atoms with Gasteiger partial charge in [-0.05, 0) is 50.9 Å². The zero-order valence-electron chi connectivity index (χ0n) is 27.4. The fourth-order valence-electron chi connectivity index (χ4n) is 7.01. The van der Waals surface area contributed by atoms with E-state index in [-0.39, 0.29) is 0 Å². The van der Waals surface area contributed by atoms with Crippen LogP contribution in [0.2, 0.25) is 0 Å². The average Bonchev–Trinajstić information content (AvgIpc) is 3.59. The maximum Gasteiger partial charge on any atom is 0.228 e. The molecule has 0 atom stereocenters. The van der Waals surface area contributed by atoms with E-state index in [0.717, 1.165) is 55.3 Å². The van der Waals surface area contributed by atoms with E-state index in [9.17, 15) is 0 Å². The average molecular weight is 653 g/mol. The molecule has 0 fully saturated rings. The van der Waals surface area contributed by atoms with Crippen LogP contribution in [0.5, 0.6) is 0 Å². The van der Waals surface area contributed by atoms with Gasteiger partial charge < -0.3 is 4.42 Å². The number of hydrogen-bond acceptors (Lipinski definition) is 5. The molecule has 5 heteroatoms. The Labute approximate surface area is 293 Å². The molecule has 51 heavy (non-hydrogen) atoms. The van der Waals surface area contributed by atoms with Gasteiger partial charge in [-0.25, -0.2) is 19.9 Å². The minimum absolute atomic E-state index is 0.541. The van der Waals surface area contributed by atoms with Crippen LogP contribution in [0.15, 0.2) is 174 Å². The molecule has 0 aliphatic heterocycles. The lowest BCUT2D eigenvalue weighted by Gasteiger charge is -2.11. The van der Waals surface area contributed by atoms with Crippen molar-refractivity contribution < 1.29 is 4.42 Å². The molecular formula is C46H28N4O. The predicted octanol–water partition coefficient (Wildman–Crippen LogP) is 11.8. The maximum absolute atomic E-state index is 6.40. The second kappa shape index (κ2) is 11.9. The number of nitrogens with zero attached hydrogens (tertiary/aromatic N) is 4. The number of benzene rings is 7. The first-order chi connectivity index (χ1) is 25.2. The first-order valence-corrected chi connectivity index (χ1v) is 17.0. The normalized spacial score (nSPS) is 11.5. The Morgan fingerprint density at radius 1 is 0.353 bits per heavy atom. The van der Waals surface area contributed by atoms with Crippen molar-refractivity contribution in [1.29, 1.82) is 0 Å². The molecule has 0 spiro atoms. The van der Waals surface area contributed by atoms with Crippen molar-refractivity contribution in [2.45, 2.75) is 0 Å². The predicted molar refractivity (Wildman–Crippen MR) is 207 cm³/mol. The van der Waals surface area contributed by atoms with Crippen LogP contribution in [-0.2, 0) is 0 Å². The molecule has 0 aliphatic carbocycles. The Balaban J connectivity index is 1.18. The summed E-state index contributed by atoms with van der Waals surface area (Å²) in [5.74, 6) is 1.74. The van der Waals surface area contributed by atoms with Crippen LogP contribution in [0.25, 0.3) is 100 Å². The van der Waals surface area contributed by atoms with E-state index in [1.807, 2.05) is 48.5 Å². The lowest BCUT2D eigenvalue weighted by molar-refractivity contribution is 0.654. The summed E-state index contributed by atoms with van der Waals surface area (Å²) in [5, 5.41) is 6.58. The standard InChI is InChI=1S/C46H28N4O/c1-2-13-32(14-3-1)43-48-44(33-24-22-31(23-25-33)37-19-10-16-30-12-6-7-17-36(30)37)50-45(49-43)39-28-40(35-26-21-29-11-4-5-15-34(29)27-35)47-46-42(39)38-18-8-9-20-41(38)51-46/h1-28H. The number of fused-ring (bicyclic) bond motifs is 5. The second-order valence-electron chi connectivity index (χ2n) is 12.7. The van der Waals surface area contributed by atoms with Crippen LogP contribution in [0.4, 0.5) is 0 Å². The zero-order valence-corrected chi connectivity index (χ0v) is 27.4. The first kappa shape index (κ1) is 29.0. The highest BCUT2D eigenvalue weighted by molar-refractivity contribution is 6.11. The number of para-hydroxylation sites is 1. The summed E-state index contributed by atoms with van der Waals surface area (Å²) in [7, 11) is 0. The van der Waals surface area contributed by atoms with Crippen molar-refractivity contribution in [3.05, 3.63) is 170 Å². The third-order valence-corrected chi connectivity index (χ3v) is 9.55. The van der Waals surface area contributed by atoms with Crippen LogP contribution in [-0.4, -0.2) is 19.9 Å². The van der Waals surface area contributed by atoms with Crippen LogP contribution >= 0.6 is 0 Å². The lowest BCUT2D eigenvalue weighted by Crippen LogP contribution is -2.01. The smallest absolute Gasteiger partial charge is 0.228 e. The van der Waals surface area contributed by atoms with E-state index in [1.54, 1.807) is 0 Å². The van der Waals surface area contributed by atoms with Crippen LogP contribution in [0.3, 0.4) is 0 Å². The highest BCUT2D eigenvalue weighted by Crippen LogP contribution is 2.39. The Bertz CT molecular complexity index is 2910. The SMILES string of the molecule is c1ccc(-c2nc(-c3ccc(-c4cccc5ccccc45)cc3)nc(-c3cc(-c4ccc5ccccc5c4)nc4oc5ccccc5c34)n2)cc1.